The van der Waals surface area contributed by atoms with Crippen LogP contribution < -0.4 is 0 Å². The SMILES string of the molecule is CC.CC.CC.CC.CCCCC(C)C(C)CCCC. The van der Waals surface area contributed by atoms with E-state index in [0.29, 0.717) is 0 Å². The molecule has 0 aliphatic carbocycles. The van der Waals surface area contributed by atoms with E-state index in [0.717, 1.165) is 11.8 Å². The molecule has 0 saturated heterocycles. The minimum atomic E-state index is 0.941. The van der Waals surface area contributed by atoms with Crippen molar-refractivity contribution in [2.24, 2.45) is 11.8 Å². The second-order valence-corrected chi connectivity index (χ2v) is 4.24. The lowest BCUT2D eigenvalue weighted by Crippen LogP contribution is -2.07. The molecule has 0 heterocycles. The third kappa shape index (κ3) is 36.1. The Labute approximate surface area is 134 Å². The van der Waals surface area contributed by atoms with Crippen molar-refractivity contribution in [1.82, 2.24) is 0 Å². The molecule has 20 heavy (non-hydrogen) atoms. The van der Waals surface area contributed by atoms with Crippen molar-refractivity contribution >= 4 is 0 Å². The Morgan fingerprint density at radius 2 is 0.700 bits per heavy atom. The van der Waals surface area contributed by atoms with E-state index in [2.05, 4.69) is 27.7 Å². The predicted molar refractivity (Wildman–Crippen MR) is 103 cm³/mol. The van der Waals surface area contributed by atoms with Gasteiger partial charge in [-0.2, -0.15) is 0 Å². The Kier molecular flexibility index (Phi) is 68.6. The van der Waals surface area contributed by atoms with Crippen molar-refractivity contribution in [3.63, 3.8) is 0 Å². The largest absolute Gasteiger partial charge is 0.0683 e. The van der Waals surface area contributed by atoms with Crippen LogP contribution in [0.2, 0.25) is 0 Å². The van der Waals surface area contributed by atoms with Crippen LogP contribution in [0.15, 0.2) is 0 Å². The topological polar surface area (TPSA) is 0 Å². The molecule has 0 heteroatoms. The smallest absolute Gasteiger partial charge is 0.0417 e. The summed E-state index contributed by atoms with van der Waals surface area (Å²) in [6, 6.07) is 0. The van der Waals surface area contributed by atoms with Gasteiger partial charge in [0.25, 0.3) is 0 Å². The van der Waals surface area contributed by atoms with Crippen molar-refractivity contribution in [3.05, 3.63) is 0 Å². The molecule has 0 aromatic carbocycles. The average molecular weight is 291 g/mol. The van der Waals surface area contributed by atoms with Gasteiger partial charge in [-0.3, -0.25) is 0 Å². The number of rotatable bonds is 7. The van der Waals surface area contributed by atoms with Gasteiger partial charge in [-0.1, -0.05) is 122 Å². The maximum Gasteiger partial charge on any atom is -0.0417 e. The van der Waals surface area contributed by atoms with Crippen molar-refractivity contribution < 1.29 is 0 Å². The zero-order valence-corrected chi connectivity index (χ0v) is 17.4. The minimum absolute atomic E-state index is 0.941. The van der Waals surface area contributed by atoms with Gasteiger partial charge < -0.3 is 0 Å². The summed E-state index contributed by atoms with van der Waals surface area (Å²) < 4.78 is 0. The first kappa shape index (κ1) is 32.1. The highest BCUT2D eigenvalue weighted by Gasteiger charge is 2.10. The van der Waals surface area contributed by atoms with Gasteiger partial charge in [-0.25, -0.2) is 0 Å². The summed E-state index contributed by atoms with van der Waals surface area (Å²) in [7, 11) is 0. The summed E-state index contributed by atoms with van der Waals surface area (Å²) in [5.74, 6) is 1.88. The summed E-state index contributed by atoms with van der Waals surface area (Å²) in [5, 5.41) is 0. The predicted octanol–water partition coefficient (Wildman–Crippen LogP) is 8.74. The molecule has 0 spiro atoms. The lowest BCUT2D eigenvalue weighted by Gasteiger charge is -2.19. The molecule has 0 rings (SSSR count). The third-order valence-corrected chi connectivity index (χ3v) is 3.00. The van der Waals surface area contributed by atoms with Gasteiger partial charge >= 0.3 is 0 Å². The Balaban J connectivity index is -0.0000000799. The molecule has 0 aromatic rings. The normalized spacial score (nSPS) is 10.8. The molecule has 0 amide bonds. The Morgan fingerprint density at radius 1 is 0.500 bits per heavy atom. The van der Waals surface area contributed by atoms with Gasteiger partial charge in [0.2, 0.25) is 0 Å². The van der Waals surface area contributed by atoms with Crippen LogP contribution in [0.25, 0.3) is 0 Å². The van der Waals surface area contributed by atoms with Gasteiger partial charge in [0.1, 0.15) is 0 Å². The maximum absolute atomic E-state index is 2.41. The highest BCUT2D eigenvalue weighted by atomic mass is 14.2. The van der Waals surface area contributed by atoms with Crippen LogP contribution in [0.3, 0.4) is 0 Å². The second-order valence-electron chi connectivity index (χ2n) is 4.24. The average Bonchev–Trinajstić information content (AvgIpc) is 2.57. The van der Waals surface area contributed by atoms with Gasteiger partial charge in [0.15, 0.2) is 0 Å². The van der Waals surface area contributed by atoms with Crippen molar-refractivity contribution in [1.29, 1.82) is 0 Å². The van der Waals surface area contributed by atoms with E-state index in [4.69, 9.17) is 0 Å². The van der Waals surface area contributed by atoms with E-state index in [1.54, 1.807) is 0 Å². The molecule has 0 nitrogen and oxygen atoms in total. The highest BCUT2D eigenvalue weighted by molar-refractivity contribution is 4.61. The Hall–Kier alpha value is 0. The Morgan fingerprint density at radius 3 is 0.850 bits per heavy atom. The summed E-state index contributed by atoms with van der Waals surface area (Å²) in [5.41, 5.74) is 0. The fourth-order valence-electron chi connectivity index (χ4n) is 1.62. The number of hydrogen-bond acceptors (Lipinski definition) is 0. The number of hydrogen-bond donors (Lipinski definition) is 0. The zero-order valence-electron chi connectivity index (χ0n) is 17.4. The van der Waals surface area contributed by atoms with Crippen LogP contribution >= 0.6 is 0 Å². The maximum atomic E-state index is 2.41. The lowest BCUT2D eigenvalue weighted by molar-refractivity contribution is 0.328. The van der Waals surface area contributed by atoms with E-state index in [9.17, 15) is 0 Å². The second kappa shape index (κ2) is 42.8. The van der Waals surface area contributed by atoms with Gasteiger partial charge in [0.05, 0.1) is 0 Å². The first-order valence-electron chi connectivity index (χ1n) is 9.72. The fourth-order valence-corrected chi connectivity index (χ4v) is 1.62. The van der Waals surface area contributed by atoms with Crippen LogP contribution in [0, 0.1) is 11.8 Å². The molecule has 0 fully saturated rings. The Bertz CT molecular complexity index is 74.0. The fraction of sp³-hybridized carbons (Fsp3) is 1.00. The lowest BCUT2D eigenvalue weighted by atomic mass is 9.87. The first-order valence-corrected chi connectivity index (χ1v) is 9.72. The van der Waals surface area contributed by atoms with Crippen LogP contribution in [0.5, 0.6) is 0 Å². The van der Waals surface area contributed by atoms with Crippen LogP contribution in [0.4, 0.5) is 0 Å². The highest BCUT2D eigenvalue weighted by Crippen LogP contribution is 2.22. The van der Waals surface area contributed by atoms with E-state index in [1.807, 2.05) is 55.4 Å². The van der Waals surface area contributed by atoms with E-state index in [-0.39, 0.29) is 0 Å². The summed E-state index contributed by atoms with van der Waals surface area (Å²) >= 11 is 0. The van der Waals surface area contributed by atoms with Crippen molar-refractivity contribution in [2.75, 3.05) is 0 Å². The number of unbranched alkanes of at least 4 members (excludes halogenated alkanes) is 2. The molecule has 0 N–H and O–H groups in total. The van der Waals surface area contributed by atoms with E-state index in [1.165, 1.54) is 38.5 Å². The third-order valence-electron chi connectivity index (χ3n) is 3.00. The van der Waals surface area contributed by atoms with Gasteiger partial charge in [-0.15, -0.1) is 0 Å². The molecule has 0 bridgehead atoms. The quantitative estimate of drug-likeness (QED) is 0.439. The van der Waals surface area contributed by atoms with Gasteiger partial charge in [-0.05, 0) is 11.8 Å². The van der Waals surface area contributed by atoms with Crippen molar-refractivity contribution in [2.45, 2.75) is 122 Å². The van der Waals surface area contributed by atoms with Crippen LogP contribution in [-0.2, 0) is 0 Å². The molecule has 2 unspecified atom stereocenters. The summed E-state index contributed by atoms with van der Waals surface area (Å²) in [4.78, 5) is 0. The van der Waals surface area contributed by atoms with Crippen LogP contribution in [-0.4, -0.2) is 0 Å². The molecule has 0 aliphatic rings. The molecule has 0 radical (unpaired) electrons. The van der Waals surface area contributed by atoms with Crippen LogP contribution in [0.1, 0.15) is 122 Å². The zero-order chi connectivity index (χ0) is 17.4. The van der Waals surface area contributed by atoms with Crippen molar-refractivity contribution in [3.8, 4) is 0 Å². The van der Waals surface area contributed by atoms with E-state index < -0.39 is 0 Å². The molecule has 130 valence electrons. The summed E-state index contributed by atoms with van der Waals surface area (Å²) in [6.07, 6.45) is 8.40. The minimum Gasteiger partial charge on any atom is -0.0683 e. The molecule has 2 atom stereocenters. The monoisotopic (exact) mass is 290 g/mol. The first-order chi connectivity index (χ1) is 9.72. The molecular formula is C20H50. The molecule has 0 saturated carbocycles. The molecule has 0 aliphatic heterocycles. The molecule has 0 aromatic heterocycles. The standard InChI is InChI=1S/C12H26.4C2H6/c1-5-7-9-11(3)12(4)10-8-6-2;4*1-2/h11-12H,5-10H2,1-4H3;4*1-2H3. The summed E-state index contributed by atoms with van der Waals surface area (Å²) in [6.45, 7) is 25.4. The molecular weight excluding hydrogens is 240 g/mol. The van der Waals surface area contributed by atoms with Gasteiger partial charge in [0, 0.05) is 0 Å². The van der Waals surface area contributed by atoms with E-state index >= 15 is 0 Å².